The van der Waals surface area contributed by atoms with E-state index in [1.807, 2.05) is 20.8 Å². The number of carbonyl (C=O) groups is 1. The molecule has 0 aromatic heterocycles. The molecule has 0 aliphatic carbocycles. The van der Waals surface area contributed by atoms with Crippen LogP contribution in [0.15, 0.2) is 18.2 Å². The number of hydrogen-bond donors (Lipinski definition) is 0. The molecule has 0 fully saturated rings. The van der Waals surface area contributed by atoms with Gasteiger partial charge in [-0.15, -0.1) is 0 Å². The van der Waals surface area contributed by atoms with Gasteiger partial charge in [-0.25, -0.2) is 4.39 Å². The topological polar surface area (TPSA) is 20.3 Å². The molecule has 0 saturated carbocycles. The van der Waals surface area contributed by atoms with Gasteiger partial charge in [0.15, 0.2) is 0 Å². The van der Waals surface area contributed by atoms with Gasteiger partial charge in [0.25, 0.3) is 0 Å². The lowest BCUT2D eigenvalue weighted by Crippen LogP contribution is -2.31. The molecule has 0 bridgehead atoms. The van der Waals surface area contributed by atoms with Gasteiger partial charge >= 0.3 is 0 Å². The van der Waals surface area contributed by atoms with Crippen molar-refractivity contribution < 1.29 is 9.18 Å². The Morgan fingerprint density at radius 3 is 2.44 bits per heavy atom. The van der Waals surface area contributed by atoms with Crippen molar-refractivity contribution in [3.8, 4) is 0 Å². The highest BCUT2D eigenvalue weighted by Crippen LogP contribution is 2.20. The van der Waals surface area contributed by atoms with Crippen molar-refractivity contribution in [2.75, 3.05) is 4.90 Å². The van der Waals surface area contributed by atoms with Crippen molar-refractivity contribution >= 4 is 12.1 Å². The maximum Gasteiger partial charge on any atom is 0.214 e. The van der Waals surface area contributed by atoms with Gasteiger partial charge in [-0.05, 0) is 38.0 Å². The minimum Gasteiger partial charge on any atom is -0.312 e. The van der Waals surface area contributed by atoms with Crippen molar-refractivity contribution in [1.82, 2.24) is 0 Å². The van der Waals surface area contributed by atoms with Gasteiger partial charge in [-0.3, -0.25) is 4.79 Å². The summed E-state index contributed by atoms with van der Waals surface area (Å²) in [5.74, 6) is -0.270. The number of rotatable bonds is 5. The van der Waals surface area contributed by atoms with E-state index in [0.29, 0.717) is 11.3 Å². The Balaban J connectivity index is 0.00000137. The molecule has 0 aliphatic heterocycles. The number of carbonyl (C=O) groups excluding carboxylic acids is 1. The van der Waals surface area contributed by atoms with Crippen LogP contribution in [0.3, 0.4) is 0 Å². The summed E-state index contributed by atoms with van der Waals surface area (Å²) in [4.78, 5) is 12.6. The Morgan fingerprint density at radius 2 is 2.00 bits per heavy atom. The fourth-order valence-corrected chi connectivity index (χ4v) is 1.72. The monoisotopic (exact) mass is 253 g/mol. The third-order valence-electron chi connectivity index (χ3n) is 2.75. The standard InChI is InChI=1S/C13H18FNO.C2H6/c1-4-5-11(3)15(9-16)12-7-6-10(2)13(14)8-12;1-2/h6-9,11H,4-5H2,1-3H3;1-2H3. The third kappa shape index (κ3) is 4.47. The van der Waals surface area contributed by atoms with E-state index >= 15 is 0 Å². The van der Waals surface area contributed by atoms with E-state index in [9.17, 15) is 9.18 Å². The lowest BCUT2D eigenvalue weighted by Gasteiger charge is -2.25. The Bertz CT molecular complexity index is 366. The van der Waals surface area contributed by atoms with Crippen molar-refractivity contribution in [2.45, 2.75) is 53.5 Å². The molecule has 1 amide bonds. The van der Waals surface area contributed by atoms with Crippen LogP contribution in [0.1, 0.15) is 46.1 Å². The number of anilines is 1. The Hall–Kier alpha value is -1.38. The molecule has 1 unspecified atom stereocenters. The number of benzene rings is 1. The van der Waals surface area contributed by atoms with Gasteiger partial charge in [0, 0.05) is 11.7 Å². The van der Waals surface area contributed by atoms with Crippen molar-refractivity contribution in [1.29, 1.82) is 0 Å². The molecule has 0 spiro atoms. The van der Waals surface area contributed by atoms with Gasteiger partial charge in [0.1, 0.15) is 5.82 Å². The molecule has 18 heavy (non-hydrogen) atoms. The molecule has 3 heteroatoms. The predicted octanol–water partition coefficient (Wildman–Crippen LogP) is 4.31. The van der Waals surface area contributed by atoms with Crippen LogP contribution < -0.4 is 4.90 Å². The van der Waals surface area contributed by atoms with E-state index < -0.39 is 0 Å². The molecule has 1 aromatic rings. The molecule has 0 heterocycles. The molecule has 2 nitrogen and oxygen atoms in total. The largest absolute Gasteiger partial charge is 0.312 e. The molecular formula is C15H24FNO. The van der Waals surface area contributed by atoms with Crippen molar-refractivity contribution in [3.05, 3.63) is 29.6 Å². The smallest absolute Gasteiger partial charge is 0.214 e. The van der Waals surface area contributed by atoms with E-state index in [4.69, 9.17) is 0 Å². The number of halogens is 1. The second-order valence-electron chi connectivity index (χ2n) is 4.08. The zero-order valence-corrected chi connectivity index (χ0v) is 12.0. The number of aryl methyl sites for hydroxylation is 1. The zero-order valence-electron chi connectivity index (χ0n) is 12.0. The second kappa shape index (κ2) is 8.67. The molecule has 1 rings (SSSR count). The average molecular weight is 253 g/mol. The first kappa shape index (κ1) is 16.6. The summed E-state index contributed by atoms with van der Waals surface area (Å²) in [7, 11) is 0. The summed E-state index contributed by atoms with van der Waals surface area (Å²) in [6.07, 6.45) is 2.68. The summed E-state index contributed by atoms with van der Waals surface area (Å²) >= 11 is 0. The second-order valence-corrected chi connectivity index (χ2v) is 4.08. The number of amides is 1. The summed E-state index contributed by atoms with van der Waals surface area (Å²) in [6, 6.07) is 4.99. The first-order chi connectivity index (χ1) is 8.60. The molecular weight excluding hydrogens is 229 g/mol. The highest BCUT2D eigenvalue weighted by Gasteiger charge is 2.13. The maximum absolute atomic E-state index is 13.4. The van der Waals surface area contributed by atoms with Crippen LogP contribution >= 0.6 is 0 Å². The minimum atomic E-state index is -0.270. The number of hydrogen-bond acceptors (Lipinski definition) is 1. The molecule has 102 valence electrons. The van der Waals surface area contributed by atoms with Gasteiger partial charge in [0.05, 0.1) is 0 Å². The van der Waals surface area contributed by atoms with Crippen LogP contribution in [-0.4, -0.2) is 12.5 Å². The highest BCUT2D eigenvalue weighted by atomic mass is 19.1. The lowest BCUT2D eigenvalue weighted by atomic mass is 10.1. The maximum atomic E-state index is 13.4. The first-order valence-electron chi connectivity index (χ1n) is 6.60. The third-order valence-corrected chi connectivity index (χ3v) is 2.75. The van der Waals surface area contributed by atoms with Crippen LogP contribution in [0.5, 0.6) is 0 Å². The molecule has 0 saturated heterocycles. The fraction of sp³-hybridized carbons (Fsp3) is 0.533. The lowest BCUT2D eigenvalue weighted by molar-refractivity contribution is -0.107. The normalized spacial score (nSPS) is 11.2. The number of nitrogens with zero attached hydrogens (tertiary/aromatic N) is 1. The van der Waals surface area contributed by atoms with E-state index in [1.165, 1.54) is 6.07 Å². The van der Waals surface area contributed by atoms with Crippen LogP contribution in [0.4, 0.5) is 10.1 Å². The summed E-state index contributed by atoms with van der Waals surface area (Å²) in [6.45, 7) is 9.74. The Labute approximate surface area is 110 Å². The average Bonchev–Trinajstić information content (AvgIpc) is 2.37. The molecule has 1 atom stereocenters. The van der Waals surface area contributed by atoms with Crippen LogP contribution in [0, 0.1) is 12.7 Å². The summed E-state index contributed by atoms with van der Waals surface area (Å²) < 4.78 is 13.4. The van der Waals surface area contributed by atoms with Crippen LogP contribution in [0.2, 0.25) is 0 Å². The van der Waals surface area contributed by atoms with Crippen LogP contribution in [0.25, 0.3) is 0 Å². The fourth-order valence-electron chi connectivity index (χ4n) is 1.72. The predicted molar refractivity (Wildman–Crippen MR) is 75.4 cm³/mol. The minimum absolute atomic E-state index is 0.101. The quantitative estimate of drug-likeness (QED) is 0.716. The van der Waals surface area contributed by atoms with Crippen molar-refractivity contribution in [2.24, 2.45) is 0 Å². The van der Waals surface area contributed by atoms with Crippen LogP contribution in [-0.2, 0) is 4.79 Å². The van der Waals surface area contributed by atoms with Crippen molar-refractivity contribution in [3.63, 3.8) is 0 Å². The van der Waals surface area contributed by atoms with Gasteiger partial charge in [-0.2, -0.15) is 0 Å². The van der Waals surface area contributed by atoms with Gasteiger partial charge < -0.3 is 4.90 Å². The molecule has 1 aromatic carbocycles. The van der Waals surface area contributed by atoms with E-state index in [1.54, 1.807) is 24.0 Å². The van der Waals surface area contributed by atoms with Gasteiger partial charge in [0.2, 0.25) is 6.41 Å². The molecule has 0 N–H and O–H groups in total. The first-order valence-corrected chi connectivity index (χ1v) is 6.60. The Kier molecular flexibility index (Phi) is 8.01. The van der Waals surface area contributed by atoms with E-state index in [-0.39, 0.29) is 11.9 Å². The van der Waals surface area contributed by atoms with Gasteiger partial charge in [-0.1, -0.05) is 33.3 Å². The SMILES string of the molecule is CC.CCCC(C)N(C=O)c1ccc(C)c(F)c1. The Morgan fingerprint density at radius 1 is 1.39 bits per heavy atom. The molecule has 0 aliphatic rings. The summed E-state index contributed by atoms with van der Waals surface area (Å²) in [5, 5.41) is 0. The zero-order chi connectivity index (χ0) is 14.1. The van der Waals surface area contributed by atoms with E-state index in [0.717, 1.165) is 19.3 Å². The van der Waals surface area contributed by atoms with E-state index in [2.05, 4.69) is 6.92 Å². The highest BCUT2D eigenvalue weighted by molar-refractivity contribution is 5.75. The molecule has 0 radical (unpaired) electrons. The summed E-state index contributed by atoms with van der Waals surface area (Å²) in [5.41, 5.74) is 1.22.